The minimum Gasteiger partial charge on any atom is -0.494 e. The van der Waals surface area contributed by atoms with E-state index in [-0.39, 0.29) is 17.9 Å². The molecule has 2 atom stereocenters. The third-order valence-corrected chi connectivity index (χ3v) is 6.42. The minimum absolute atomic E-state index is 0.0340. The number of rotatable bonds is 5. The average molecular weight is 410 g/mol. The van der Waals surface area contributed by atoms with Crippen molar-refractivity contribution in [2.75, 3.05) is 6.61 Å². The Labute approximate surface area is 178 Å². The number of benzene rings is 1. The molecule has 0 aromatic heterocycles. The molecule has 1 heterocycles. The van der Waals surface area contributed by atoms with Gasteiger partial charge in [0.05, 0.1) is 18.1 Å². The van der Waals surface area contributed by atoms with E-state index in [4.69, 9.17) is 9.47 Å². The van der Waals surface area contributed by atoms with Crippen LogP contribution in [0, 0.1) is 5.92 Å². The maximum Gasteiger partial charge on any atom is 0.336 e. The molecular weight excluding hydrogens is 378 g/mol. The lowest BCUT2D eigenvalue weighted by Crippen LogP contribution is -2.41. The van der Waals surface area contributed by atoms with Gasteiger partial charge in [0.2, 0.25) is 0 Å². The average Bonchev–Trinajstić information content (AvgIpc) is 2.74. The van der Waals surface area contributed by atoms with Crippen LogP contribution < -0.4 is 10.1 Å². The summed E-state index contributed by atoms with van der Waals surface area (Å²) in [5, 5.41) is 3.35. The monoisotopic (exact) mass is 409 g/mol. The maximum absolute atomic E-state index is 13.4. The maximum atomic E-state index is 13.4. The summed E-state index contributed by atoms with van der Waals surface area (Å²) in [4.78, 5) is 26.5. The standard InChI is InChI=1S/C25H31NO4/c1-3-29-21-15-8-7-12-18(21)23-22(25(28)30-17-10-5-4-6-11-17)16(2)26-19-13-9-14-20(27)24(19)23/h7-8,12-13,15,17,23-24,26H,3-6,9-11,14H2,1-2H3. The third kappa shape index (κ3) is 4.03. The third-order valence-electron chi connectivity index (χ3n) is 6.42. The first kappa shape index (κ1) is 20.7. The zero-order chi connectivity index (χ0) is 21.1. The molecule has 5 heteroatoms. The predicted molar refractivity (Wildman–Crippen MR) is 115 cm³/mol. The normalized spacial score (nSPS) is 24.6. The Morgan fingerprint density at radius 1 is 1.13 bits per heavy atom. The molecule has 3 aliphatic rings. The molecule has 30 heavy (non-hydrogen) atoms. The summed E-state index contributed by atoms with van der Waals surface area (Å²) >= 11 is 0. The van der Waals surface area contributed by atoms with Gasteiger partial charge >= 0.3 is 5.97 Å². The molecule has 160 valence electrons. The van der Waals surface area contributed by atoms with E-state index < -0.39 is 11.8 Å². The van der Waals surface area contributed by atoms with Crippen LogP contribution in [0.4, 0.5) is 0 Å². The Bertz CT molecular complexity index is 879. The summed E-state index contributed by atoms with van der Waals surface area (Å²) in [6, 6.07) is 7.75. The molecule has 2 unspecified atom stereocenters. The number of para-hydroxylation sites is 1. The molecule has 0 spiro atoms. The van der Waals surface area contributed by atoms with Crippen LogP contribution in [0.15, 0.2) is 47.3 Å². The molecule has 4 rings (SSSR count). The van der Waals surface area contributed by atoms with E-state index >= 15 is 0 Å². The van der Waals surface area contributed by atoms with Crippen LogP contribution >= 0.6 is 0 Å². The minimum atomic E-state index is -0.405. The van der Waals surface area contributed by atoms with Gasteiger partial charge in [0.1, 0.15) is 17.6 Å². The largest absolute Gasteiger partial charge is 0.494 e. The summed E-state index contributed by atoms with van der Waals surface area (Å²) in [5.41, 5.74) is 3.10. The van der Waals surface area contributed by atoms with Gasteiger partial charge in [0, 0.05) is 29.3 Å². The molecule has 1 aliphatic heterocycles. The number of esters is 1. The highest BCUT2D eigenvalue weighted by atomic mass is 16.5. The number of nitrogens with one attached hydrogen (secondary N) is 1. The van der Waals surface area contributed by atoms with Crippen LogP contribution in [0.3, 0.4) is 0 Å². The molecule has 1 N–H and O–H groups in total. The van der Waals surface area contributed by atoms with Gasteiger partial charge in [-0.05, 0) is 52.0 Å². The Balaban J connectivity index is 1.77. The number of Topliss-reactive ketones (excluding diaryl/α,β-unsaturated/α-hetero) is 1. The number of allylic oxidation sites excluding steroid dienone is 3. The van der Waals surface area contributed by atoms with E-state index in [0.29, 0.717) is 18.6 Å². The quantitative estimate of drug-likeness (QED) is 0.709. The molecule has 0 amide bonds. The highest BCUT2D eigenvalue weighted by Gasteiger charge is 2.44. The number of carbonyl (C=O) groups is 2. The lowest BCUT2D eigenvalue weighted by atomic mass is 9.70. The summed E-state index contributed by atoms with van der Waals surface area (Å²) in [6.07, 6.45) is 8.51. The highest BCUT2D eigenvalue weighted by molar-refractivity contribution is 5.96. The van der Waals surface area contributed by atoms with E-state index in [9.17, 15) is 9.59 Å². The number of hydrogen-bond acceptors (Lipinski definition) is 5. The molecule has 0 radical (unpaired) electrons. The van der Waals surface area contributed by atoms with Crippen molar-refractivity contribution < 1.29 is 19.1 Å². The van der Waals surface area contributed by atoms with Crippen molar-refractivity contribution in [3.63, 3.8) is 0 Å². The summed E-state index contributed by atoms with van der Waals surface area (Å²) in [7, 11) is 0. The van der Waals surface area contributed by atoms with E-state index in [2.05, 4.69) is 11.4 Å². The van der Waals surface area contributed by atoms with Crippen LogP contribution in [0.1, 0.15) is 70.3 Å². The first-order chi connectivity index (χ1) is 14.6. The van der Waals surface area contributed by atoms with Crippen molar-refractivity contribution in [3.05, 3.63) is 52.9 Å². The Hall–Kier alpha value is -2.56. The fraction of sp³-hybridized carbons (Fsp3) is 0.520. The molecule has 1 aromatic carbocycles. The molecule has 5 nitrogen and oxygen atoms in total. The fourth-order valence-corrected chi connectivity index (χ4v) is 5.04. The lowest BCUT2D eigenvalue weighted by Gasteiger charge is -2.38. The number of hydrogen-bond donors (Lipinski definition) is 1. The molecule has 1 fully saturated rings. The highest BCUT2D eigenvalue weighted by Crippen LogP contribution is 2.46. The topological polar surface area (TPSA) is 64.6 Å². The van der Waals surface area contributed by atoms with Crippen molar-refractivity contribution in [2.45, 2.75) is 70.8 Å². The lowest BCUT2D eigenvalue weighted by molar-refractivity contribution is -0.146. The Kier molecular flexibility index (Phi) is 6.26. The number of fused-ring (bicyclic) bond motifs is 1. The second-order valence-electron chi connectivity index (χ2n) is 8.42. The van der Waals surface area contributed by atoms with Gasteiger partial charge < -0.3 is 14.8 Å². The van der Waals surface area contributed by atoms with E-state index in [0.717, 1.165) is 54.8 Å². The van der Waals surface area contributed by atoms with Crippen molar-refractivity contribution in [2.24, 2.45) is 5.92 Å². The van der Waals surface area contributed by atoms with Gasteiger partial charge in [-0.15, -0.1) is 0 Å². The van der Waals surface area contributed by atoms with Crippen molar-refractivity contribution in [1.82, 2.24) is 5.32 Å². The molecule has 0 bridgehead atoms. The zero-order valence-corrected chi connectivity index (χ0v) is 17.9. The van der Waals surface area contributed by atoms with Crippen LogP contribution in [0.5, 0.6) is 5.75 Å². The van der Waals surface area contributed by atoms with Crippen molar-refractivity contribution >= 4 is 11.8 Å². The predicted octanol–water partition coefficient (Wildman–Crippen LogP) is 4.79. The molecule has 0 saturated heterocycles. The second kappa shape index (κ2) is 9.07. The smallest absolute Gasteiger partial charge is 0.336 e. The summed E-state index contributed by atoms with van der Waals surface area (Å²) in [6.45, 7) is 4.37. The number of carbonyl (C=O) groups excluding carboxylic acids is 2. The van der Waals surface area contributed by atoms with Crippen LogP contribution in [0.2, 0.25) is 0 Å². The van der Waals surface area contributed by atoms with Gasteiger partial charge in [0.15, 0.2) is 0 Å². The Morgan fingerprint density at radius 3 is 2.67 bits per heavy atom. The Morgan fingerprint density at radius 2 is 1.90 bits per heavy atom. The summed E-state index contributed by atoms with van der Waals surface area (Å²) < 4.78 is 11.9. The van der Waals surface area contributed by atoms with Crippen molar-refractivity contribution in [1.29, 1.82) is 0 Å². The molecule has 2 aliphatic carbocycles. The van der Waals surface area contributed by atoms with E-state index in [1.54, 1.807) is 0 Å². The van der Waals surface area contributed by atoms with Gasteiger partial charge in [0.25, 0.3) is 0 Å². The van der Waals surface area contributed by atoms with Gasteiger partial charge in [-0.2, -0.15) is 0 Å². The molecule has 1 aromatic rings. The van der Waals surface area contributed by atoms with E-state index in [1.165, 1.54) is 6.42 Å². The zero-order valence-electron chi connectivity index (χ0n) is 17.9. The van der Waals surface area contributed by atoms with Crippen molar-refractivity contribution in [3.8, 4) is 5.75 Å². The van der Waals surface area contributed by atoms with E-state index in [1.807, 2.05) is 38.1 Å². The number of ether oxygens (including phenoxy) is 2. The first-order valence-corrected chi connectivity index (χ1v) is 11.2. The van der Waals surface area contributed by atoms with Gasteiger partial charge in [-0.3, -0.25) is 4.79 Å². The fourth-order valence-electron chi connectivity index (χ4n) is 5.04. The summed E-state index contributed by atoms with van der Waals surface area (Å²) in [5.74, 6) is -0.227. The number of ketones is 1. The van der Waals surface area contributed by atoms with Crippen LogP contribution in [-0.4, -0.2) is 24.5 Å². The van der Waals surface area contributed by atoms with Crippen LogP contribution in [-0.2, 0) is 14.3 Å². The van der Waals surface area contributed by atoms with Gasteiger partial charge in [-0.1, -0.05) is 30.7 Å². The first-order valence-electron chi connectivity index (χ1n) is 11.2. The SMILES string of the molecule is CCOc1ccccc1C1C(C(=O)OC2CCCCC2)=C(C)NC2=CCCC(=O)C21. The van der Waals surface area contributed by atoms with Gasteiger partial charge in [-0.25, -0.2) is 4.79 Å². The molecular formula is C25H31NO4. The second-order valence-corrected chi connectivity index (χ2v) is 8.42. The van der Waals surface area contributed by atoms with Crippen LogP contribution in [0.25, 0.3) is 0 Å². The molecule has 1 saturated carbocycles.